The van der Waals surface area contributed by atoms with Gasteiger partial charge in [-0.25, -0.2) is 9.48 Å². The van der Waals surface area contributed by atoms with Crippen LogP contribution in [0.15, 0.2) is 30.3 Å². The normalized spacial score (nSPS) is 12.5. The number of carbonyl (C=O) groups excluding carboxylic acids is 2. The fourth-order valence-electron chi connectivity index (χ4n) is 2.87. The largest absolute Gasteiger partial charge is 0.467 e. The molecular formula is C20H27N3O3. The fourth-order valence-corrected chi connectivity index (χ4v) is 2.87. The Hall–Kier alpha value is -2.63. The SMILES string of the molecule is COC(=O)[C@@H](NC(=O)Cc1c(C)nn(-c2ccccc2)c1C)C(C)(C)C. The van der Waals surface area contributed by atoms with E-state index in [1.165, 1.54) is 7.11 Å². The van der Waals surface area contributed by atoms with Crippen molar-refractivity contribution >= 4 is 11.9 Å². The van der Waals surface area contributed by atoms with E-state index in [1.54, 1.807) is 0 Å². The molecule has 1 atom stereocenters. The van der Waals surface area contributed by atoms with Crippen LogP contribution in [-0.4, -0.2) is 34.8 Å². The van der Waals surface area contributed by atoms with Crippen LogP contribution in [0.1, 0.15) is 37.7 Å². The Bertz CT molecular complexity index is 789. The van der Waals surface area contributed by atoms with E-state index in [0.717, 1.165) is 22.6 Å². The first kappa shape index (κ1) is 19.7. The summed E-state index contributed by atoms with van der Waals surface area (Å²) in [5.41, 5.74) is 3.08. The van der Waals surface area contributed by atoms with Gasteiger partial charge in [0.2, 0.25) is 5.91 Å². The molecule has 1 heterocycles. The van der Waals surface area contributed by atoms with E-state index in [9.17, 15) is 9.59 Å². The van der Waals surface area contributed by atoms with Crippen LogP contribution in [0.2, 0.25) is 0 Å². The maximum atomic E-state index is 12.6. The van der Waals surface area contributed by atoms with Crippen LogP contribution in [-0.2, 0) is 20.7 Å². The third kappa shape index (κ3) is 4.31. The Labute approximate surface area is 154 Å². The molecule has 0 aliphatic carbocycles. The smallest absolute Gasteiger partial charge is 0.328 e. The van der Waals surface area contributed by atoms with Crippen LogP contribution in [0.25, 0.3) is 5.69 Å². The zero-order valence-corrected chi connectivity index (χ0v) is 16.3. The molecule has 2 rings (SSSR count). The molecular weight excluding hydrogens is 330 g/mol. The summed E-state index contributed by atoms with van der Waals surface area (Å²) < 4.78 is 6.66. The number of rotatable bonds is 5. The zero-order valence-electron chi connectivity index (χ0n) is 16.3. The van der Waals surface area contributed by atoms with Gasteiger partial charge in [-0.3, -0.25) is 4.79 Å². The van der Waals surface area contributed by atoms with E-state index in [0.29, 0.717) is 0 Å². The number of nitrogens with zero attached hydrogens (tertiary/aromatic N) is 2. The summed E-state index contributed by atoms with van der Waals surface area (Å²) in [6.45, 7) is 9.49. The fraction of sp³-hybridized carbons (Fsp3) is 0.450. The second-order valence-electron chi connectivity index (χ2n) is 7.46. The molecule has 1 amide bonds. The molecule has 0 spiro atoms. The summed E-state index contributed by atoms with van der Waals surface area (Å²) in [6.07, 6.45) is 0.161. The van der Waals surface area contributed by atoms with Gasteiger partial charge in [-0.1, -0.05) is 39.0 Å². The Morgan fingerprint density at radius 3 is 2.35 bits per heavy atom. The van der Waals surface area contributed by atoms with Crippen molar-refractivity contribution in [2.75, 3.05) is 7.11 Å². The van der Waals surface area contributed by atoms with Crippen molar-refractivity contribution in [2.45, 2.75) is 47.1 Å². The topological polar surface area (TPSA) is 73.2 Å². The quantitative estimate of drug-likeness (QED) is 0.835. The van der Waals surface area contributed by atoms with Gasteiger partial charge in [-0.2, -0.15) is 5.10 Å². The number of esters is 1. The van der Waals surface area contributed by atoms with Crippen LogP contribution in [0.3, 0.4) is 0 Å². The summed E-state index contributed by atoms with van der Waals surface area (Å²) >= 11 is 0. The van der Waals surface area contributed by atoms with E-state index in [-0.39, 0.29) is 12.3 Å². The molecule has 140 valence electrons. The lowest BCUT2D eigenvalue weighted by atomic mass is 9.86. The van der Waals surface area contributed by atoms with Gasteiger partial charge in [0.05, 0.1) is 24.9 Å². The molecule has 26 heavy (non-hydrogen) atoms. The van der Waals surface area contributed by atoms with Crippen molar-refractivity contribution in [1.82, 2.24) is 15.1 Å². The zero-order chi connectivity index (χ0) is 19.5. The highest BCUT2D eigenvalue weighted by Gasteiger charge is 2.33. The van der Waals surface area contributed by atoms with Crippen molar-refractivity contribution in [3.63, 3.8) is 0 Å². The number of ether oxygens (including phenoxy) is 1. The molecule has 0 bridgehead atoms. The summed E-state index contributed by atoms with van der Waals surface area (Å²) in [4.78, 5) is 24.6. The van der Waals surface area contributed by atoms with E-state index < -0.39 is 17.4 Å². The maximum absolute atomic E-state index is 12.6. The third-order valence-electron chi connectivity index (χ3n) is 4.39. The number of methoxy groups -OCH3 is 1. The van der Waals surface area contributed by atoms with Crippen LogP contribution in [0, 0.1) is 19.3 Å². The van der Waals surface area contributed by atoms with Crippen molar-refractivity contribution < 1.29 is 14.3 Å². The van der Waals surface area contributed by atoms with E-state index in [4.69, 9.17) is 4.74 Å². The first-order valence-electron chi connectivity index (χ1n) is 8.63. The monoisotopic (exact) mass is 357 g/mol. The molecule has 0 saturated heterocycles. The van der Waals surface area contributed by atoms with Gasteiger partial charge in [0.1, 0.15) is 6.04 Å². The van der Waals surface area contributed by atoms with Gasteiger partial charge in [-0.15, -0.1) is 0 Å². The highest BCUT2D eigenvalue weighted by atomic mass is 16.5. The molecule has 6 nitrogen and oxygen atoms in total. The van der Waals surface area contributed by atoms with Crippen LogP contribution < -0.4 is 5.32 Å². The van der Waals surface area contributed by atoms with Crippen LogP contribution in [0.4, 0.5) is 0 Å². The van der Waals surface area contributed by atoms with Crippen molar-refractivity contribution in [1.29, 1.82) is 0 Å². The molecule has 2 aromatic rings. The number of carbonyl (C=O) groups is 2. The van der Waals surface area contributed by atoms with Gasteiger partial charge < -0.3 is 10.1 Å². The molecule has 0 fully saturated rings. The average Bonchev–Trinajstić information content (AvgIpc) is 2.87. The van der Waals surface area contributed by atoms with Gasteiger partial charge >= 0.3 is 5.97 Å². The van der Waals surface area contributed by atoms with Gasteiger partial charge in [-0.05, 0) is 31.4 Å². The number of benzene rings is 1. The first-order chi connectivity index (χ1) is 12.1. The molecule has 1 aromatic heterocycles. The minimum absolute atomic E-state index is 0.161. The summed E-state index contributed by atoms with van der Waals surface area (Å²) in [7, 11) is 1.32. The standard InChI is InChI=1S/C20H27N3O3/c1-13-16(14(2)23(22-13)15-10-8-7-9-11-15)12-17(24)21-18(19(25)26-6)20(3,4)5/h7-11,18H,12H2,1-6H3,(H,21,24)/t18-/m1/s1. The number of aromatic nitrogens is 2. The molecule has 1 N–H and O–H groups in total. The number of nitrogens with one attached hydrogen (secondary N) is 1. The van der Waals surface area contributed by atoms with Crippen LogP contribution in [0.5, 0.6) is 0 Å². The Balaban J connectivity index is 2.22. The highest BCUT2D eigenvalue weighted by molar-refractivity contribution is 5.86. The molecule has 0 saturated carbocycles. The lowest BCUT2D eigenvalue weighted by Crippen LogP contribution is -2.50. The lowest BCUT2D eigenvalue weighted by molar-refractivity contribution is -0.148. The molecule has 1 aromatic carbocycles. The van der Waals surface area contributed by atoms with Gasteiger partial charge in [0.15, 0.2) is 0 Å². The molecule has 0 aliphatic rings. The predicted octanol–water partition coefficient (Wildman–Crippen LogP) is 2.74. The molecule has 6 heteroatoms. The number of para-hydroxylation sites is 1. The number of amides is 1. The van der Waals surface area contributed by atoms with Crippen molar-refractivity contribution in [3.8, 4) is 5.69 Å². The second kappa shape index (κ2) is 7.72. The Morgan fingerprint density at radius 2 is 1.81 bits per heavy atom. The van der Waals surface area contributed by atoms with Crippen molar-refractivity contribution in [2.24, 2.45) is 5.41 Å². The lowest BCUT2D eigenvalue weighted by Gasteiger charge is -2.29. The number of hydrogen-bond donors (Lipinski definition) is 1. The van der Waals surface area contributed by atoms with Gasteiger partial charge in [0, 0.05) is 11.3 Å². The Morgan fingerprint density at radius 1 is 1.19 bits per heavy atom. The minimum Gasteiger partial charge on any atom is -0.467 e. The molecule has 0 aliphatic heterocycles. The van der Waals surface area contributed by atoms with E-state index >= 15 is 0 Å². The summed E-state index contributed by atoms with van der Waals surface area (Å²) in [5.74, 6) is -0.673. The number of hydrogen-bond acceptors (Lipinski definition) is 4. The summed E-state index contributed by atoms with van der Waals surface area (Å²) in [5, 5.41) is 7.37. The van der Waals surface area contributed by atoms with Crippen LogP contribution >= 0.6 is 0 Å². The minimum atomic E-state index is -0.704. The van der Waals surface area contributed by atoms with Crippen molar-refractivity contribution in [3.05, 3.63) is 47.3 Å². The molecule has 0 radical (unpaired) electrons. The van der Waals surface area contributed by atoms with E-state index in [1.807, 2.05) is 69.6 Å². The summed E-state index contributed by atoms with van der Waals surface area (Å²) in [6, 6.07) is 9.07. The first-order valence-corrected chi connectivity index (χ1v) is 8.63. The predicted molar refractivity (Wildman–Crippen MR) is 100 cm³/mol. The number of aryl methyl sites for hydroxylation is 1. The maximum Gasteiger partial charge on any atom is 0.328 e. The van der Waals surface area contributed by atoms with E-state index in [2.05, 4.69) is 10.4 Å². The Kier molecular flexibility index (Phi) is 5.85. The molecule has 0 unspecified atom stereocenters. The second-order valence-corrected chi connectivity index (χ2v) is 7.46. The average molecular weight is 357 g/mol. The highest BCUT2D eigenvalue weighted by Crippen LogP contribution is 2.22. The van der Waals surface area contributed by atoms with Gasteiger partial charge in [0.25, 0.3) is 0 Å². The third-order valence-corrected chi connectivity index (χ3v) is 4.39.